The van der Waals surface area contributed by atoms with Crippen LogP contribution < -0.4 is 5.73 Å². The van der Waals surface area contributed by atoms with Gasteiger partial charge in [-0.05, 0) is 32.9 Å². The maximum Gasteiger partial charge on any atom is 0.340 e. The van der Waals surface area contributed by atoms with Crippen LogP contribution in [0.4, 0.5) is 11.5 Å². The number of nitrogens with zero attached hydrogens (tertiary/aromatic N) is 3. The molecule has 10 heteroatoms. The number of pyridine rings is 1. The Morgan fingerprint density at radius 2 is 1.88 bits per heavy atom. The van der Waals surface area contributed by atoms with Gasteiger partial charge >= 0.3 is 11.9 Å². The zero-order valence-corrected chi connectivity index (χ0v) is 17.8. The molecule has 0 saturated carbocycles. The van der Waals surface area contributed by atoms with Crippen molar-refractivity contribution in [3.8, 4) is 17.2 Å². The molecule has 0 aliphatic heterocycles. The molecule has 0 atom stereocenters. The first-order chi connectivity index (χ1) is 15.1. The predicted molar refractivity (Wildman–Crippen MR) is 115 cm³/mol. The number of anilines is 1. The number of ether oxygens (including phenoxy) is 2. The van der Waals surface area contributed by atoms with Crippen LogP contribution in [0.2, 0.25) is 0 Å². The minimum Gasteiger partial charge on any atom is -0.465 e. The number of benzene rings is 1. The highest BCUT2D eigenvalue weighted by Crippen LogP contribution is 2.40. The van der Waals surface area contributed by atoms with Crippen molar-refractivity contribution in [1.82, 2.24) is 4.40 Å². The Bertz CT molecular complexity index is 1320. The number of aromatic nitrogens is 1. The van der Waals surface area contributed by atoms with E-state index < -0.39 is 23.0 Å². The van der Waals surface area contributed by atoms with Crippen molar-refractivity contribution in [3.63, 3.8) is 0 Å². The van der Waals surface area contributed by atoms with Crippen molar-refractivity contribution in [2.75, 3.05) is 12.8 Å². The van der Waals surface area contributed by atoms with Gasteiger partial charge in [-0.25, -0.2) is 9.59 Å². The van der Waals surface area contributed by atoms with Crippen molar-refractivity contribution in [3.05, 3.63) is 62.8 Å². The molecule has 0 radical (unpaired) electrons. The number of esters is 2. The second-order valence-corrected chi connectivity index (χ2v) is 7.21. The summed E-state index contributed by atoms with van der Waals surface area (Å²) >= 11 is 0. The summed E-state index contributed by atoms with van der Waals surface area (Å²) in [7, 11) is 1.14. The third kappa shape index (κ3) is 3.50. The molecule has 0 amide bonds. The van der Waals surface area contributed by atoms with Gasteiger partial charge in [-0.15, -0.1) is 0 Å². The van der Waals surface area contributed by atoms with E-state index in [1.54, 1.807) is 26.8 Å². The van der Waals surface area contributed by atoms with Gasteiger partial charge in [0.25, 0.3) is 5.69 Å². The fourth-order valence-corrected chi connectivity index (χ4v) is 3.65. The van der Waals surface area contributed by atoms with Gasteiger partial charge in [-0.1, -0.05) is 12.1 Å². The summed E-state index contributed by atoms with van der Waals surface area (Å²) in [5.74, 6) is -1.65. The van der Waals surface area contributed by atoms with Gasteiger partial charge in [-0.2, -0.15) is 5.26 Å². The molecule has 0 unspecified atom stereocenters. The van der Waals surface area contributed by atoms with Gasteiger partial charge in [-0.3, -0.25) is 14.5 Å². The highest BCUT2D eigenvalue weighted by atomic mass is 16.6. The fraction of sp³-hybridized carbons (Fsp3) is 0.227. The molecule has 0 fully saturated rings. The lowest BCUT2D eigenvalue weighted by atomic mass is 9.91. The SMILES string of the molecule is COC(=O)c1c(-c2ccccc2[N+](=O)[O-])c(C(=O)OC(C)C)c(C)n2c(N)c(C#N)cc12. The van der Waals surface area contributed by atoms with Crippen molar-refractivity contribution in [2.45, 2.75) is 26.9 Å². The largest absolute Gasteiger partial charge is 0.465 e. The summed E-state index contributed by atoms with van der Waals surface area (Å²) in [5.41, 5.74) is 6.08. The summed E-state index contributed by atoms with van der Waals surface area (Å²) in [4.78, 5) is 37.3. The molecule has 3 rings (SSSR count). The van der Waals surface area contributed by atoms with Crippen molar-refractivity contribution < 1.29 is 24.0 Å². The highest BCUT2D eigenvalue weighted by Gasteiger charge is 2.33. The first kappa shape index (κ1) is 22.3. The van der Waals surface area contributed by atoms with Crippen LogP contribution in [0.3, 0.4) is 0 Å². The van der Waals surface area contributed by atoms with E-state index >= 15 is 0 Å². The quantitative estimate of drug-likeness (QED) is 0.362. The number of methoxy groups -OCH3 is 1. The average molecular weight is 436 g/mol. The van der Waals surface area contributed by atoms with Gasteiger partial charge in [0, 0.05) is 17.3 Å². The van der Waals surface area contributed by atoms with Crippen LogP contribution in [0.25, 0.3) is 16.6 Å². The Labute approximate surface area is 182 Å². The van der Waals surface area contributed by atoms with Gasteiger partial charge in [0.05, 0.1) is 45.9 Å². The molecular formula is C22H20N4O6. The number of hydrogen-bond donors (Lipinski definition) is 1. The number of hydrogen-bond acceptors (Lipinski definition) is 8. The van der Waals surface area contributed by atoms with E-state index in [2.05, 4.69) is 0 Å². The standard InChI is InChI=1S/C22H20N4O6/c1-11(2)32-22(28)17-12(3)25-16(9-13(10-23)20(25)24)19(21(27)31-4)18(17)14-7-5-6-8-15(14)26(29)30/h5-9,11H,24H2,1-4H3. The molecule has 164 valence electrons. The lowest BCUT2D eigenvalue weighted by Crippen LogP contribution is -2.20. The lowest BCUT2D eigenvalue weighted by molar-refractivity contribution is -0.384. The summed E-state index contributed by atoms with van der Waals surface area (Å²) in [6.45, 7) is 4.85. The van der Waals surface area contributed by atoms with E-state index in [1.807, 2.05) is 6.07 Å². The molecule has 3 aromatic rings. The first-order valence-corrected chi connectivity index (χ1v) is 9.54. The highest BCUT2D eigenvalue weighted by molar-refractivity contribution is 6.12. The van der Waals surface area contributed by atoms with Crippen LogP contribution in [0, 0.1) is 28.4 Å². The Kier molecular flexibility index (Phi) is 5.85. The third-order valence-corrected chi connectivity index (χ3v) is 4.92. The lowest BCUT2D eigenvalue weighted by Gasteiger charge is -2.20. The number of rotatable bonds is 5. The van der Waals surface area contributed by atoms with Gasteiger partial charge < -0.3 is 15.2 Å². The Morgan fingerprint density at radius 1 is 1.22 bits per heavy atom. The molecule has 2 aromatic heterocycles. The number of carbonyl (C=O) groups is 2. The topological polar surface area (TPSA) is 150 Å². The van der Waals surface area contributed by atoms with Crippen LogP contribution in [-0.2, 0) is 9.47 Å². The van der Waals surface area contributed by atoms with E-state index in [4.69, 9.17) is 15.2 Å². The van der Waals surface area contributed by atoms with E-state index in [-0.39, 0.29) is 50.5 Å². The summed E-state index contributed by atoms with van der Waals surface area (Å²) in [6, 6.07) is 9.04. The number of nitrogen functional groups attached to an aromatic ring is 1. The maximum absolute atomic E-state index is 13.2. The monoisotopic (exact) mass is 436 g/mol. The zero-order valence-electron chi connectivity index (χ0n) is 17.8. The number of para-hydroxylation sites is 1. The third-order valence-electron chi connectivity index (χ3n) is 4.92. The molecule has 0 aliphatic carbocycles. The van der Waals surface area contributed by atoms with E-state index in [1.165, 1.54) is 28.7 Å². The summed E-state index contributed by atoms with van der Waals surface area (Å²) in [5, 5.41) is 21.2. The second-order valence-electron chi connectivity index (χ2n) is 7.21. The minimum absolute atomic E-state index is 0.0119. The number of nitriles is 1. The Balaban J connectivity index is 2.65. The number of carbonyl (C=O) groups excluding carboxylic acids is 2. The van der Waals surface area contributed by atoms with Crippen molar-refractivity contribution in [1.29, 1.82) is 5.26 Å². The van der Waals surface area contributed by atoms with E-state index in [0.29, 0.717) is 0 Å². The molecule has 2 heterocycles. The molecule has 0 spiro atoms. The van der Waals surface area contributed by atoms with Crippen LogP contribution >= 0.6 is 0 Å². The van der Waals surface area contributed by atoms with Crippen LogP contribution in [0.1, 0.15) is 45.8 Å². The molecular weight excluding hydrogens is 416 g/mol. The first-order valence-electron chi connectivity index (χ1n) is 9.54. The minimum atomic E-state index is -0.858. The Morgan fingerprint density at radius 3 is 2.44 bits per heavy atom. The van der Waals surface area contributed by atoms with Gasteiger partial charge in [0.1, 0.15) is 11.9 Å². The molecule has 2 N–H and O–H groups in total. The van der Waals surface area contributed by atoms with Crippen LogP contribution in [0.15, 0.2) is 30.3 Å². The van der Waals surface area contributed by atoms with Crippen molar-refractivity contribution >= 4 is 29.0 Å². The fourth-order valence-electron chi connectivity index (χ4n) is 3.65. The molecule has 0 saturated heterocycles. The number of aryl methyl sites for hydroxylation is 1. The van der Waals surface area contributed by atoms with Crippen molar-refractivity contribution in [2.24, 2.45) is 0 Å². The number of nitro benzene ring substituents is 1. The predicted octanol–water partition coefficient (Wildman–Crippen LogP) is 3.63. The van der Waals surface area contributed by atoms with Gasteiger partial charge in [0.2, 0.25) is 0 Å². The van der Waals surface area contributed by atoms with E-state index in [0.717, 1.165) is 7.11 Å². The number of nitro groups is 1. The number of fused-ring (bicyclic) bond motifs is 1. The van der Waals surface area contributed by atoms with Gasteiger partial charge in [0.15, 0.2) is 0 Å². The molecule has 0 bridgehead atoms. The summed E-state index contributed by atoms with van der Waals surface area (Å²) < 4.78 is 11.7. The summed E-state index contributed by atoms with van der Waals surface area (Å²) in [6.07, 6.45) is -0.505. The second kappa shape index (κ2) is 8.39. The number of nitrogens with two attached hydrogens (primary N) is 1. The van der Waals surface area contributed by atoms with E-state index in [9.17, 15) is 25.0 Å². The molecule has 0 aliphatic rings. The van der Waals surface area contributed by atoms with Crippen LogP contribution in [-0.4, -0.2) is 34.5 Å². The average Bonchev–Trinajstić information content (AvgIpc) is 3.08. The molecule has 1 aromatic carbocycles. The molecule has 10 nitrogen and oxygen atoms in total. The smallest absolute Gasteiger partial charge is 0.340 e. The zero-order chi connectivity index (χ0) is 23.7. The van der Waals surface area contributed by atoms with Crippen LogP contribution in [0.5, 0.6) is 0 Å². The normalized spacial score (nSPS) is 10.8. The maximum atomic E-state index is 13.2. The Hall–Kier alpha value is -4.39. The molecule has 32 heavy (non-hydrogen) atoms.